The molecule has 2 N–H and O–H groups in total. The summed E-state index contributed by atoms with van der Waals surface area (Å²) in [7, 11) is 3.24. The molecule has 0 bridgehead atoms. The summed E-state index contributed by atoms with van der Waals surface area (Å²) in [5, 5.41) is 0. The van der Waals surface area contributed by atoms with Gasteiger partial charge in [-0.05, 0) is 31.0 Å². The molecule has 1 amide bonds. The summed E-state index contributed by atoms with van der Waals surface area (Å²) in [5.74, 6) is 0.275. The van der Waals surface area contributed by atoms with Crippen molar-refractivity contribution in [1.82, 2.24) is 4.90 Å². The van der Waals surface area contributed by atoms with Gasteiger partial charge in [0.15, 0.2) is 0 Å². The minimum absolute atomic E-state index is 0.0290. The molecular formula is C14H19FN2O2. The second-order valence-corrected chi connectivity index (χ2v) is 5.10. The van der Waals surface area contributed by atoms with E-state index < -0.39 is 0 Å². The van der Waals surface area contributed by atoms with E-state index in [2.05, 4.69) is 0 Å². The van der Waals surface area contributed by atoms with Gasteiger partial charge in [0, 0.05) is 25.7 Å². The molecule has 0 unspecified atom stereocenters. The van der Waals surface area contributed by atoms with E-state index in [9.17, 15) is 9.18 Å². The molecule has 0 heterocycles. The number of methoxy groups -OCH3 is 1. The summed E-state index contributed by atoms with van der Waals surface area (Å²) in [6.07, 6.45) is 1.68. The number of hydrogen-bond donors (Lipinski definition) is 1. The molecule has 1 aromatic rings. The molecule has 0 aliphatic heterocycles. The average Bonchev–Trinajstić information content (AvgIpc) is 3.19. The predicted octanol–water partition coefficient (Wildman–Crippen LogP) is 1.53. The Bertz CT molecular complexity index is 486. The van der Waals surface area contributed by atoms with Crippen LogP contribution in [-0.2, 0) is 11.3 Å². The zero-order valence-electron chi connectivity index (χ0n) is 11.3. The first-order valence-electron chi connectivity index (χ1n) is 6.30. The van der Waals surface area contributed by atoms with Crippen LogP contribution in [0.4, 0.5) is 4.39 Å². The summed E-state index contributed by atoms with van der Waals surface area (Å²) < 4.78 is 18.4. The average molecular weight is 266 g/mol. The lowest BCUT2D eigenvalue weighted by Gasteiger charge is -2.23. The van der Waals surface area contributed by atoms with Crippen molar-refractivity contribution in [2.24, 2.45) is 11.1 Å². The molecule has 19 heavy (non-hydrogen) atoms. The number of carbonyl (C=O) groups is 1. The molecule has 0 aromatic heterocycles. The summed E-state index contributed by atoms with van der Waals surface area (Å²) in [6.45, 7) is 0.692. The van der Waals surface area contributed by atoms with Gasteiger partial charge in [0.05, 0.1) is 12.5 Å². The molecule has 1 aromatic carbocycles. The van der Waals surface area contributed by atoms with Gasteiger partial charge >= 0.3 is 0 Å². The van der Waals surface area contributed by atoms with Gasteiger partial charge in [0.1, 0.15) is 11.6 Å². The highest BCUT2D eigenvalue weighted by atomic mass is 19.1. The quantitative estimate of drug-likeness (QED) is 0.879. The van der Waals surface area contributed by atoms with Gasteiger partial charge in [-0.2, -0.15) is 0 Å². The fourth-order valence-electron chi connectivity index (χ4n) is 2.26. The number of amides is 1. The van der Waals surface area contributed by atoms with Crippen molar-refractivity contribution < 1.29 is 13.9 Å². The van der Waals surface area contributed by atoms with Gasteiger partial charge in [-0.3, -0.25) is 4.79 Å². The molecule has 1 saturated carbocycles. The van der Waals surface area contributed by atoms with E-state index in [1.54, 1.807) is 18.0 Å². The Morgan fingerprint density at radius 2 is 2.21 bits per heavy atom. The van der Waals surface area contributed by atoms with E-state index in [0.29, 0.717) is 24.4 Å². The molecule has 0 atom stereocenters. The number of benzene rings is 1. The van der Waals surface area contributed by atoms with Crippen LogP contribution in [-0.4, -0.2) is 31.5 Å². The van der Waals surface area contributed by atoms with Crippen molar-refractivity contribution in [2.75, 3.05) is 20.7 Å². The number of hydrogen-bond acceptors (Lipinski definition) is 3. The van der Waals surface area contributed by atoms with Crippen molar-refractivity contribution >= 4 is 5.91 Å². The van der Waals surface area contributed by atoms with Crippen molar-refractivity contribution in [1.29, 1.82) is 0 Å². The van der Waals surface area contributed by atoms with E-state index in [0.717, 1.165) is 12.8 Å². The van der Waals surface area contributed by atoms with Gasteiger partial charge in [-0.25, -0.2) is 4.39 Å². The van der Waals surface area contributed by atoms with Gasteiger partial charge in [0.2, 0.25) is 5.91 Å². The molecule has 0 spiro atoms. The van der Waals surface area contributed by atoms with Crippen molar-refractivity contribution in [2.45, 2.75) is 19.4 Å². The van der Waals surface area contributed by atoms with E-state index >= 15 is 0 Å². The minimum Gasteiger partial charge on any atom is -0.496 e. The zero-order chi connectivity index (χ0) is 14.0. The molecule has 2 rings (SSSR count). The monoisotopic (exact) mass is 266 g/mol. The Morgan fingerprint density at radius 1 is 1.53 bits per heavy atom. The number of nitrogens with zero attached hydrogens (tertiary/aromatic N) is 1. The SMILES string of the molecule is COc1ccc(F)cc1CN(C)C(=O)C1(CN)CC1. The first kappa shape index (κ1) is 13.8. The summed E-state index contributed by atoms with van der Waals surface area (Å²) in [5.41, 5.74) is 5.93. The molecule has 1 aliphatic carbocycles. The smallest absolute Gasteiger partial charge is 0.230 e. The maximum atomic E-state index is 13.3. The third-order valence-electron chi connectivity index (χ3n) is 3.69. The second-order valence-electron chi connectivity index (χ2n) is 5.10. The van der Waals surface area contributed by atoms with Crippen LogP contribution in [0.15, 0.2) is 18.2 Å². The Hall–Kier alpha value is -1.62. The first-order valence-corrected chi connectivity index (χ1v) is 6.30. The number of carbonyl (C=O) groups excluding carboxylic acids is 1. The van der Waals surface area contributed by atoms with E-state index in [4.69, 9.17) is 10.5 Å². The van der Waals surface area contributed by atoms with Crippen molar-refractivity contribution in [3.63, 3.8) is 0 Å². The molecule has 104 valence electrons. The standard InChI is InChI=1S/C14H19FN2O2/c1-17(13(18)14(9-16)5-6-14)8-10-7-11(15)3-4-12(10)19-2/h3-4,7H,5-6,8-9,16H2,1-2H3. The van der Waals surface area contributed by atoms with E-state index in [1.165, 1.54) is 19.2 Å². The Kier molecular flexibility index (Phi) is 3.75. The molecule has 4 nitrogen and oxygen atoms in total. The molecule has 5 heteroatoms. The van der Waals surface area contributed by atoms with Crippen LogP contribution in [0.5, 0.6) is 5.75 Å². The molecule has 0 saturated heterocycles. The van der Waals surface area contributed by atoms with Crippen molar-refractivity contribution in [3.8, 4) is 5.75 Å². The van der Waals surface area contributed by atoms with Crippen LogP contribution in [0.25, 0.3) is 0 Å². The first-order chi connectivity index (χ1) is 9.02. The third kappa shape index (κ3) is 2.71. The highest BCUT2D eigenvalue weighted by Crippen LogP contribution is 2.46. The van der Waals surface area contributed by atoms with Crippen LogP contribution >= 0.6 is 0 Å². The maximum absolute atomic E-state index is 13.3. The highest BCUT2D eigenvalue weighted by Gasteiger charge is 2.49. The number of ether oxygens (including phenoxy) is 1. The number of nitrogens with two attached hydrogens (primary N) is 1. The van der Waals surface area contributed by atoms with Gasteiger partial charge in [-0.1, -0.05) is 0 Å². The fraction of sp³-hybridized carbons (Fsp3) is 0.500. The van der Waals surface area contributed by atoms with Crippen LogP contribution in [0.3, 0.4) is 0 Å². The van der Waals surface area contributed by atoms with Gasteiger partial charge < -0.3 is 15.4 Å². The molecule has 1 fully saturated rings. The fourth-order valence-corrected chi connectivity index (χ4v) is 2.26. The highest BCUT2D eigenvalue weighted by molar-refractivity contribution is 5.85. The molecule has 1 aliphatic rings. The Labute approximate surface area is 112 Å². The number of rotatable bonds is 5. The summed E-state index contributed by atoms with van der Waals surface area (Å²) in [4.78, 5) is 13.9. The minimum atomic E-state index is -0.380. The zero-order valence-corrected chi connectivity index (χ0v) is 11.3. The molecule has 0 radical (unpaired) electrons. The second kappa shape index (κ2) is 5.17. The van der Waals surface area contributed by atoms with Crippen LogP contribution in [0, 0.1) is 11.2 Å². The Balaban J connectivity index is 2.12. The Morgan fingerprint density at radius 3 is 2.74 bits per heavy atom. The lowest BCUT2D eigenvalue weighted by Crippen LogP contribution is -2.37. The lowest BCUT2D eigenvalue weighted by molar-refractivity contribution is -0.135. The van der Waals surface area contributed by atoms with Crippen LogP contribution in [0.2, 0.25) is 0 Å². The van der Waals surface area contributed by atoms with Gasteiger partial charge in [-0.15, -0.1) is 0 Å². The molecular weight excluding hydrogens is 247 g/mol. The van der Waals surface area contributed by atoms with Gasteiger partial charge in [0.25, 0.3) is 0 Å². The van der Waals surface area contributed by atoms with E-state index in [1.807, 2.05) is 0 Å². The van der Waals surface area contributed by atoms with E-state index in [-0.39, 0.29) is 17.1 Å². The van der Waals surface area contributed by atoms with Crippen LogP contribution < -0.4 is 10.5 Å². The summed E-state index contributed by atoms with van der Waals surface area (Å²) >= 11 is 0. The predicted molar refractivity (Wildman–Crippen MR) is 70.1 cm³/mol. The summed E-state index contributed by atoms with van der Waals surface area (Å²) in [6, 6.07) is 4.30. The largest absolute Gasteiger partial charge is 0.496 e. The normalized spacial score (nSPS) is 16.0. The van der Waals surface area contributed by atoms with Crippen LogP contribution in [0.1, 0.15) is 18.4 Å². The number of halogens is 1. The topological polar surface area (TPSA) is 55.6 Å². The van der Waals surface area contributed by atoms with Crippen molar-refractivity contribution in [3.05, 3.63) is 29.6 Å². The third-order valence-corrected chi connectivity index (χ3v) is 3.69. The maximum Gasteiger partial charge on any atom is 0.230 e. The lowest BCUT2D eigenvalue weighted by atomic mass is 10.1.